The summed E-state index contributed by atoms with van der Waals surface area (Å²) in [6.45, 7) is 11.6. The van der Waals surface area contributed by atoms with E-state index in [0.717, 1.165) is 39.4 Å². The van der Waals surface area contributed by atoms with Crippen LogP contribution in [0.4, 0.5) is 11.4 Å². The van der Waals surface area contributed by atoms with Crippen molar-refractivity contribution in [3.63, 3.8) is 0 Å². The van der Waals surface area contributed by atoms with Crippen molar-refractivity contribution in [2.24, 2.45) is 0 Å². The molecule has 10 heteroatoms. The van der Waals surface area contributed by atoms with Gasteiger partial charge in [0.1, 0.15) is 0 Å². The molecule has 0 aliphatic rings. The van der Waals surface area contributed by atoms with E-state index in [0.29, 0.717) is 11.4 Å². The minimum Gasteiger partial charge on any atom is -0.478 e. The van der Waals surface area contributed by atoms with Gasteiger partial charge in [-0.3, -0.25) is 9.59 Å². The van der Waals surface area contributed by atoms with E-state index in [2.05, 4.69) is 42.5 Å². The van der Waals surface area contributed by atoms with E-state index < -0.39 is 23.8 Å². The minimum atomic E-state index is -1.40. The van der Waals surface area contributed by atoms with Crippen LogP contribution in [0.5, 0.6) is 0 Å². The average Bonchev–Trinajstić information content (AvgIpc) is 2.88. The van der Waals surface area contributed by atoms with Gasteiger partial charge >= 0.3 is 11.9 Å². The van der Waals surface area contributed by atoms with Crippen LogP contribution in [0.15, 0.2) is 45.3 Å². The van der Waals surface area contributed by atoms with Crippen molar-refractivity contribution in [3.8, 4) is 0 Å². The third-order valence-corrected chi connectivity index (χ3v) is 8.85. The first-order valence-corrected chi connectivity index (χ1v) is 14.4. The Morgan fingerprint density at radius 1 is 0.548 bits per heavy atom. The maximum absolute atomic E-state index is 13.8. The van der Waals surface area contributed by atoms with Crippen LogP contribution < -0.4 is 10.6 Å². The van der Waals surface area contributed by atoms with Crippen molar-refractivity contribution < 1.29 is 29.4 Å². The van der Waals surface area contributed by atoms with Gasteiger partial charge in [0, 0.05) is 36.7 Å². The molecular weight excluding hydrogens is 668 g/mol. The van der Waals surface area contributed by atoms with E-state index in [4.69, 9.17) is 0 Å². The zero-order valence-corrected chi connectivity index (χ0v) is 26.9. The second-order valence-corrected chi connectivity index (χ2v) is 12.0. The Kier molecular flexibility index (Phi) is 8.61. The van der Waals surface area contributed by atoms with Crippen molar-refractivity contribution in [3.05, 3.63) is 101 Å². The van der Waals surface area contributed by atoms with Crippen molar-refractivity contribution in [2.45, 2.75) is 41.5 Å². The third-order valence-electron chi connectivity index (χ3n) is 7.59. The first-order chi connectivity index (χ1) is 19.6. The molecule has 0 aromatic heterocycles. The Hall–Kier alpha value is -4.02. The first kappa shape index (κ1) is 30.9. The van der Waals surface area contributed by atoms with Gasteiger partial charge in [0.15, 0.2) is 0 Å². The van der Waals surface area contributed by atoms with Gasteiger partial charge in [-0.2, -0.15) is 0 Å². The molecule has 4 aromatic carbocycles. The van der Waals surface area contributed by atoms with E-state index in [-0.39, 0.29) is 42.0 Å². The van der Waals surface area contributed by atoms with Crippen molar-refractivity contribution in [1.82, 2.24) is 0 Å². The van der Waals surface area contributed by atoms with Crippen LogP contribution >= 0.6 is 31.9 Å². The summed E-state index contributed by atoms with van der Waals surface area (Å²) in [4.78, 5) is 52.5. The van der Waals surface area contributed by atoms with Gasteiger partial charge in [-0.05, 0) is 143 Å². The Morgan fingerprint density at radius 3 is 1.36 bits per heavy atom. The first-order valence-electron chi connectivity index (χ1n) is 12.9. The van der Waals surface area contributed by atoms with Gasteiger partial charge in [0.25, 0.3) is 11.8 Å². The van der Waals surface area contributed by atoms with Gasteiger partial charge in [-0.1, -0.05) is 0 Å². The zero-order chi connectivity index (χ0) is 31.2. The Bertz CT molecular complexity index is 1820. The van der Waals surface area contributed by atoms with E-state index >= 15 is 0 Å². The predicted molar refractivity (Wildman–Crippen MR) is 170 cm³/mol. The second kappa shape index (κ2) is 11.7. The number of halogens is 2. The maximum Gasteiger partial charge on any atom is 0.337 e. The summed E-state index contributed by atoms with van der Waals surface area (Å²) >= 11 is 6.56. The van der Waals surface area contributed by atoms with Gasteiger partial charge in [0.05, 0.1) is 16.7 Å². The molecule has 42 heavy (non-hydrogen) atoms. The van der Waals surface area contributed by atoms with Gasteiger partial charge in [-0.15, -0.1) is 0 Å². The molecule has 216 valence electrons. The van der Waals surface area contributed by atoms with Crippen LogP contribution in [0, 0.1) is 41.5 Å². The van der Waals surface area contributed by atoms with Crippen LogP contribution in [-0.4, -0.2) is 34.0 Å². The van der Waals surface area contributed by atoms with E-state index in [1.807, 2.05) is 41.5 Å². The molecule has 0 bridgehead atoms. The quantitative estimate of drug-likeness (QED) is 0.161. The molecule has 2 amide bonds. The fourth-order valence-electron chi connectivity index (χ4n) is 4.96. The number of benzene rings is 4. The van der Waals surface area contributed by atoms with E-state index in [1.165, 1.54) is 6.07 Å². The van der Waals surface area contributed by atoms with Gasteiger partial charge < -0.3 is 20.8 Å². The topological polar surface area (TPSA) is 133 Å². The molecule has 0 saturated carbocycles. The summed E-state index contributed by atoms with van der Waals surface area (Å²) in [7, 11) is 0. The van der Waals surface area contributed by atoms with E-state index in [1.54, 1.807) is 24.3 Å². The Morgan fingerprint density at radius 2 is 0.929 bits per heavy atom. The zero-order valence-electron chi connectivity index (χ0n) is 23.7. The number of carboxylic acid groups (broad SMARTS) is 2. The fraction of sp³-hybridized carbons (Fsp3) is 0.188. The molecule has 4 aromatic rings. The number of anilines is 2. The normalized spacial score (nSPS) is 11.0. The summed E-state index contributed by atoms with van der Waals surface area (Å²) in [5.74, 6) is -4.15. The summed E-state index contributed by atoms with van der Waals surface area (Å²) in [6.07, 6.45) is 0. The highest BCUT2D eigenvalue weighted by molar-refractivity contribution is 9.10. The number of carbonyl (C=O) groups excluding carboxylic acids is 2. The molecule has 0 aliphatic carbocycles. The Balaban J connectivity index is 2.01. The molecule has 0 spiro atoms. The monoisotopic (exact) mass is 694 g/mol. The lowest BCUT2D eigenvalue weighted by Crippen LogP contribution is -2.20. The number of amides is 2. The smallest absolute Gasteiger partial charge is 0.337 e. The number of aromatic carboxylic acids is 2. The molecule has 0 atom stereocenters. The fourth-order valence-corrected chi connectivity index (χ4v) is 6.16. The number of hydrogen-bond donors (Lipinski definition) is 4. The number of fused-ring (bicyclic) bond motifs is 1. The standard InChI is InChI=1S/C32H28Br2N2O6/c1-13-7-19(8-14(2)17(13)5)35-29(37)21-11-23(33)27(30(38)36-20-9-15(3)18(6)16(4)10-20)26-22(31(39)40)12-24(34)28(25(21)26)32(41)42/h7-12H,1-6H3,(H,35,37)(H,36,38)(H,39,40)(H,41,42). The van der Waals surface area contributed by atoms with Crippen molar-refractivity contribution >= 4 is 77.8 Å². The van der Waals surface area contributed by atoms with Crippen LogP contribution in [0.2, 0.25) is 0 Å². The van der Waals surface area contributed by atoms with Crippen LogP contribution in [-0.2, 0) is 0 Å². The van der Waals surface area contributed by atoms with Crippen LogP contribution in [0.3, 0.4) is 0 Å². The highest BCUT2D eigenvalue weighted by Gasteiger charge is 2.30. The predicted octanol–water partition coefficient (Wildman–Crippen LogP) is 8.12. The van der Waals surface area contributed by atoms with Gasteiger partial charge in [-0.25, -0.2) is 9.59 Å². The van der Waals surface area contributed by atoms with Crippen LogP contribution in [0.1, 0.15) is 74.8 Å². The van der Waals surface area contributed by atoms with E-state index in [9.17, 15) is 29.4 Å². The lowest BCUT2D eigenvalue weighted by atomic mass is 9.90. The molecule has 4 rings (SSSR count). The summed E-state index contributed by atoms with van der Waals surface area (Å²) < 4.78 is 0.0741. The number of hydrogen-bond acceptors (Lipinski definition) is 4. The molecule has 0 unspecified atom stereocenters. The summed E-state index contributed by atoms with van der Waals surface area (Å²) in [5, 5.41) is 25.6. The Labute approximate surface area is 259 Å². The number of aryl methyl sites for hydroxylation is 4. The molecule has 0 saturated heterocycles. The minimum absolute atomic E-state index is 0.0468. The molecule has 0 heterocycles. The summed E-state index contributed by atoms with van der Waals surface area (Å²) in [6, 6.07) is 9.65. The molecular formula is C32H28Br2N2O6. The highest BCUT2D eigenvalue weighted by atomic mass is 79.9. The van der Waals surface area contributed by atoms with Crippen molar-refractivity contribution in [1.29, 1.82) is 0 Å². The largest absolute Gasteiger partial charge is 0.478 e. The molecule has 0 aliphatic heterocycles. The number of rotatable bonds is 6. The number of nitrogens with one attached hydrogen (secondary N) is 2. The number of carboxylic acids is 2. The SMILES string of the molecule is Cc1cc(NC(=O)c2cc(Br)c(C(=O)Nc3cc(C)c(C)c(C)c3)c3c(C(=O)O)cc(Br)c(C(=O)O)c23)cc(C)c1C. The molecule has 8 nitrogen and oxygen atoms in total. The van der Waals surface area contributed by atoms with Crippen LogP contribution in [0.25, 0.3) is 10.8 Å². The lowest BCUT2D eigenvalue weighted by Gasteiger charge is -2.19. The maximum atomic E-state index is 13.8. The highest BCUT2D eigenvalue weighted by Crippen LogP contribution is 2.39. The molecule has 0 radical (unpaired) electrons. The third kappa shape index (κ3) is 5.69. The lowest BCUT2D eigenvalue weighted by molar-refractivity contribution is 0.0683. The average molecular weight is 696 g/mol. The second-order valence-electron chi connectivity index (χ2n) is 10.3. The summed E-state index contributed by atoms with van der Waals surface area (Å²) in [5.41, 5.74) is 5.98. The molecule has 4 N–H and O–H groups in total. The van der Waals surface area contributed by atoms with Crippen molar-refractivity contribution in [2.75, 3.05) is 10.6 Å². The molecule has 0 fully saturated rings. The number of carbonyl (C=O) groups is 4. The van der Waals surface area contributed by atoms with Gasteiger partial charge in [0.2, 0.25) is 0 Å².